The van der Waals surface area contributed by atoms with Crippen LogP contribution in [-0.4, -0.2) is 69.7 Å². The molecule has 0 bridgehead atoms. The number of rotatable bonds is 4. The van der Waals surface area contributed by atoms with Gasteiger partial charge >= 0.3 is 6.03 Å². The number of nitrogens with one attached hydrogen (secondary N) is 1. The van der Waals surface area contributed by atoms with Crippen LogP contribution in [0.2, 0.25) is 0 Å². The number of aromatic nitrogens is 3. The molecule has 0 atom stereocenters. The molecule has 0 radical (unpaired) electrons. The predicted molar refractivity (Wildman–Crippen MR) is 94.1 cm³/mol. The molecular formula is C17H22F2N6O. The Kier molecular flexibility index (Phi) is 5.77. The monoisotopic (exact) mass is 364 g/mol. The molecule has 1 N–H and O–H groups in total. The van der Waals surface area contributed by atoms with Crippen LogP contribution in [0.1, 0.15) is 6.42 Å². The van der Waals surface area contributed by atoms with Crippen molar-refractivity contribution in [2.24, 2.45) is 7.05 Å². The van der Waals surface area contributed by atoms with Gasteiger partial charge < -0.3 is 4.90 Å². The summed E-state index contributed by atoms with van der Waals surface area (Å²) in [6, 6.07) is 3.37. The summed E-state index contributed by atoms with van der Waals surface area (Å²) in [5.41, 5.74) is 1.84. The largest absolute Gasteiger partial charge is 0.323 e. The quantitative estimate of drug-likeness (QED) is 0.904. The molecule has 3 heterocycles. The van der Waals surface area contributed by atoms with Crippen LogP contribution in [0.25, 0.3) is 11.1 Å². The SMILES string of the molecule is Cn1cc(-c2ccnc(NC(=O)N3CCCN(CC(F)F)CC3)c2)cn1. The van der Waals surface area contributed by atoms with Crippen molar-refractivity contribution in [1.82, 2.24) is 24.6 Å². The highest BCUT2D eigenvalue weighted by Crippen LogP contribution is 2.20. The van der Waals surface area contributed by atoms with E-state index in [0.29, 0.717) is 38.4 Å². The number of hydrogen-bond donors (Lipinski definition) is 1. The average molecular weight is 364 g/mol. The molecule has 0 unspecified atom stereocenters. The summed E-state index contributed by atoms with van der Waals surface area (Å²) < 4.78 is 26.8. The van der Waals surface area contributed by atoms with Gasteiger partial charge in [-0.1, -0.05) is 0 Å². The zero-order valence-corrected chi connectivity index (χ0v) is 14.6. The second-order valence-electron chi connectivity index (χ2n) is 6.29. The van der Waals surface area contributed by atoms with Gasteiger partial charge in [0.05, 0.1) is 12.7 Å². The Morgan fingerprint density at radius 3 is 2.85 bits per heavy atom. The van der Waals surface area contributed by atoms with Crippen molar-refractivity contribution in [3.8, 4) is 11.1 Å². The van der Waals surface area contributed by atoms with Gasteiger partial charge in [-0.3, -0.25) is 14.9 Å². The van der Waals surface area contributed by atoms with Gasteiger partial charge in [-0.15, -0.1) is 0 Å². The van der Waals surface area contributed by atoms with E-state index in [9.17, 15) is 13.6 Å². The summed E-state index contributed by atoms with van der Waals surface area (Å²) in [7, 11) is 1.84. The number of carbonyl (C=O) groups excluding carboxylic acids is 1. The highest BCUT2D eigenvalue weighted by molar-refractivity contribution is 5.89. The van der Waals surface area contributed by atoms with E-state index >= 15 is 0 Å². The third kappa shape index (κ3) is 4.75. The zero-order chi connectivity index (χ0) is 18.5. The van der Waals surface area contributed by atoms with Gasteiger partial charge in [-0.05, 0) is 24.1 Å². The summed E-state index contributed by atoms with van der Waals surface area (Å²) in [5.74, 6) is 0.449. The molecule has 1 aliphatic rings. The Hall–Kier alpha value is -2.55. The van der Waals surface area contributed by atoms with Gasteiger partial charge in [0.15, 0.2) is 0 Å². The molecule has 0 aliphatic carbocycles. The first-order chi connectivity index (χ1) is 12.5. The number of halogens is 2. The van der Waals surface area contributed by atoms with Crippen molar-refractivity contribution in [3.63, 3.8) is 0 Å². The fourth-order valence-electron chi connectivity index (χ4n) is 2.99. The number of hydrogen-bond acceptors (Lipinski definition) is 4. The van der Waals surface area contributed by atoms with Crippen LogP contribution in [0.5, 0.6) is 0 Å². The number of aryl methyl sites for hydroxylation is 1. The average Bonchev–Trinajstić information content (AvgIpc) is 2.90. The number of urea groups is 1. The number of nitrogens with zero attached hydrogens (tertiary/aromatic N) is 5. The van der Waals surface area contributed by atoms with E-state index in [1.54, 1.807) is 32.9 Å². The first-order valence-electron chi connectivity index (χ1n) is 8.53. The zero-order valence-electron chi connectivity index (χ0n) is 14.6. The molecule has 9 heteroatoms. The molecule has 2 aromatic heterocycles. The van der Waals surface area contributed by atoms with E-state index in [1.807, 2.05) is 19.3 Å². The highest BCUT2D eigenvalue weighted by atomic mass is 19.3. The lowest BCUT2D eigenvalue weighted by Crippen LogP contribution is -2.38. The van der Waals surface area contributed by atoms with E-state index in [1.165, 1.54) is 0 Å². The molecule has 140 valence electrons. The normalized spacial score (nSPS) is 15.9. The molecule has 3 rings (SSSR count). The number of alkyl halides is 2. The lowest BCUT2D eigenvalue weighted by molar-refractivity contribution is 0.0905. The minimum absolute atomic E-state index is 0.246. The number of pyridine rings is 1. The van der Waals surface area contributed by atoms with Crippen LogP contribution in [0.15, 0.2) is 30.7 Å². The molecule has 2 amide bonds. The number of carbonyl (C=O) groups is 1. The maximum Gasteiger partial charge on any atom is 0.323 e. The van der Waals surface area contributed by atoms with E-state index in [0.717, 1.165) is 11.1 Å². The molecule has 0 saturated carbocycles. The summed E-state index contributed by atoms with van der Waals surface area (Å²) in [4.78, 5) is 20.0. The van der Waals surface area contributed by atoms with Crippen molar-refractivity contribution < 1.29 is 13.6 Å². The number of amides is 2. The third-order valence-corrected chi connectivity index (χ3v) is 4.31. The van der Waals surface area contributed by atoms with Crippen LogP contribution in [0.3, 0.4) is 0 Å². The highest BCUT2D eigenvalue weighted by Gasteiger charge is 2.21. The molecule has 1 fully saturated rings. The van der Waals surface area contributed by atoms with Crippen LogP contribution in [0.4, 0.5) is 19.4 Å². The van der Waals surface area contributed by atoms with Crippen molar-refractivity contribution in [3.05, 3.63) is 30.7 Å². The summed E-state index contributed by atoms with van der Waals surface area (Å²) in [5, 5.41) is 6.93. The minimum atomic E-state index is -2.35. The summed E-state index contributed by atoms with van der Waals surface area (Å²) in [6.07, 6.45) is 3.57. The molecule has 26 heavy (non-hydrogen) atoms. The minimum Gasteiger partial charge on any atom is -0.323 e. The van der Waals surface area contributed by atoms with Crippen molar-refractivity contribution >= 4 is 11.8 Å². The standard InChI is InChI=1S/C17H22F2N6O/c1-23-11-14(10-21-23)13-3-4-20-16(9-13)22-17(26)25-6-2-5-24(7-8-25)12-15(18)19/h3-4,9-11,15H,2,5-8,12H2,1H3,(H,20,22,26). The lowest BCUT2D eigenvalue weighted by Gasteiger charge is -2.22. The smallest absolute Gasteiger partial charge is 0.323 e. The molecule has 2 aromatic rings. The Morgan fingerprint density at radius 1 is 1.27 bits per heavy atom. The molecular weight excluding hydrogens is 342 g/mol. The van der Waals surface area contributed by atoms with Crippen LogP contribution >= 0.6 is 0 Å². The van der Waals surface area contributed by atoms with E-state index < -0.39 is 6.43 Å². The fraction of sp³-hybridized carbons (Fsp3) is 0.471. The molecule has 7 nitrogen and oxygen atoms in total. The predicted octanol–water partition coefficient (Wildman–Crippen LogP) is 2.29. The molecule has 0 aromatic carbocycles. The summed E-state index contributed by atoms with van der Waals surface area (Å²) in [6.45, 7) is 1.72. The maximum absolute atomic E-state index is 12.5. The third-order valence-electron chi connectivity index (χ3n) is 4.31. The lowest BCUT2D eigenvalue weighted by atomic mass is 10.1. The number of anilines is 1. The Bertz CT molecular complexity index is 750. The maximum atomic E-state index is 12.5. The molecule has 1 saturated heterocycles. The first kappa shape index (κ1) is 18.2. The van der Waals surface area contributed by atoms with Gasteiger partial charge in [0.25, 0.3) is 6.43 Å². The van der Waals surface area contributed by atoms with Gasteiger partial charge in [0, 0.05) is 51.2 Å². The second-order valence-corrected chi connectivity index (χ2v) is 6.29. The Morgan fingerprint density at radius 2 is 2.12 bits per heavy atom. The Labute approximate surface area is 150 Å². The van der Waals surface area contributed by atoms with Crippen molar-refractivity contribution in [1.29, 1.82) is 0 Å². The second kappa shape index (κ2) is 8.22. The van der Waals surface area contributed by atoms with Gasteiger partial charge in [0.2, 0.25) is 0 Å². The van der Waals surface area contributed by atoms with E-state index in [2.05, 4.69) is 15.4 Å². The van der Waals surface area contributed by atoms with Crippen LogP contribution in [0, 0.1) is 0 Å². The fourth-order valence-corrected chi connectivity index (χ4v) is 2.99. The van der Waals surface area contributed by atoms with Crippen molar-refractivity contribution in [2.45, 2.75) is 12.8 Å². The van der Waals surface area contributed by atoms with E-state index in [-0.39, 0.29) is 12.6 Å². The molecule has 0 spiro atoms. The van der Waals surface area contributed by atoms with Crippen LogP contribution in [-0.2, 0) is 7.05 Å². The molecule has 1 aliphatic heterocycles. The van der Waals surface area contributed by atoms with E-state index in [4.69, 9.17) is 0 Å². The van der Waals surface area contributed by atoms with Gasteiger partial charge in [0.1, 0.15) is 5.82 Å². The topological polar surface area (TPSA) is 66.3 Å². The Balaban J connectivity index is 1.61. The van der Waals surface area contributed by atoms with Gasteiger partial charge in [-0.2, -0.15) is 5.10 Å². The van der Waals surface area contributed by atoms with Crippen LogP contribution < -0.4 is 5.32 Å². The first-order valence-corrected chi connectivity index (χ1v) is 8.53. The van der Waals surface area contributed by atoms with Crippen molar-refractivity contribution in [2.75, 3.05) is 38.0 Å². The van der Waals surface area contributed by atoms with Gasteiger partial charge in [-0.25, -0.2) is 18.6 Å². The summed E-state index contributed by atoms with van der Waals surface area (Å²) >= 11 is 0.